The molecule has 7 heteroatoms. The summed E-state index contributed by atoms with van der Waals surface area (Å²) in [5.41, 5.74) is 1.14. The van der Waals surface area contributed by atoms with Crippen molar-refractivity contribution >= 4 is 11.7 Å². The van der Waals surface area contributed by atoms with Crippen LogP contribution in [-0.2, 0) is 11.3 Å². The second-order valence-corrected chi connectivity index (χ2v) is 7.95. The Labute approximate surface area is 176 Å². The number of amides is 1. The van der Waals surface area contributed by atoms with Crippen molar-refractivity contribution < 1.29 is 14.3 Å². The second kappa shape index (κ2) is 8.23. The van der Waals surface area contributed by atoms with Crippen LogP contribution in [0.25, 0.3) is 0 Å². The van der Waals surface area contributed by atoms with Gasteiger partial charge in [-0.25, -0.2) is 4.98 Å². The summed E-state index contributed by atoms with van der Waals surface area (Å²) in [5, 5.41) is 9.17. The SMILES string of the molecule is COc1cccc(CN2CCCC3(CCN(c4cc(C#N)ccn4)C3)C2=O)c1OC. The largest absolute Gasteiger partial charge is 0.493 e. The average molecular weight is 406 g/mol. The molecule has 0 N–H and O–H groups in total. The molecule has 7 nitrogen and oxygen atoms in total. The van der Waals surface area contributed by atoms with Crippen LogP contribution in [0.5, 0.6) is 11.5 Å². The summed E-state index contributed by atoms with van der Waals surface area (Å²) in [4.78, 5) is 22.1. The van der Waals surface area contributed by atoms with E-state index < -0.39 is 5.41 Å². The maximum atomic E-state index is 13.6. The van der Waals surface area contributed by atoms with Gasteiger partial charge in [-0.1, -0.05) is 12.1 Å². The molecule has 2 aliphatic rings. The van der Waals surface area contributed by atoms with E-state index in [0.29, 0.717) is 30.2 Å². The number of nitriles is 1. The molecule has 1 aromatic carbocycles. The quantitative estimate of drug-likeness (QED) is 0.760. The zero-order valence-electron chi connectivity index (χ0n) is 17.4. The predicted octanol–water partition coefficient (Wildman–Crippen LogP) is 2.99. The van der Waals surface area contributed by atoms with Gasteiger partial charge in [-0.15, -0.1) is 0 Å². The van der Waals surface area contributed by atoms with Gasteiger partial charge in [0.1, 0.15) is 5.82 Å². The molecule has 1 atom stereocenters. The van der Waals surface area contributed by atoms with Crippen molar-refractivity contribution in [2.45, 2.75) is 25.8 Å². The number of ether oxygens (including phenoxy) is 2. The van der Waals surface area contributed by atoms with Gasteiger partial charge in [0.25, 0.3) is 0 Å². The number of rotatable bonds is 5. The van der Waals surface area contributed by atoms with Crippen molar-refractivity contribution in [2.75, 3.05) is 38.8 Å². The smallest absolute Gasteiger partial charge is 0.230 e. The molecule has 30 heavy (non-hydrogen) atoms. The van der Waals surface area contributed by atoms with Gasteiger partial charge in [0, 0.05) is 37.9 Å². The van der Waals surface area contributed by atoms with Crippen LogP contribution in [0.1, 0.15) is 30.4 Å². The monoisotopic (exact) mass is 406 g/mol. The minimum Gasteiger partial charge on any atom is -0.493 e. The van der Waals surface area contributed by atoms with E-state index in [1.54, 1.807) is 32.5 Å². The number of methoxy groups -OCH3 is 2. The molecule has 1 amide bonds. The third-order valence-corrected chi connectivity index (χ3v) is 6.22. The number of aromatic nitrogens is 1. The lowest BCUT2D eigenvalue weighted by molar-refractivity contribution is -0.145. The average Bonchev–Trinajstić information content (AvgIpc) is 3.22. The summed E-state index contributed by atoms with van der Waals surface area (Å²) in [5.74, 6) is 2.31. The van der Waals surface area contributed by atoms with Crippen LogP contribution in [0, 0.1) is 16.7 Å². The first-order chi connectivity index (χ1) is 14.6. The van der Waals surface area contributed by atoms with Crippen molar-refractivity contribution in [3.8, 4) is 17.6 Å². The van der Waals surface area contributed by atoms with Crippen LogP contribution in [0.2, 0.25) is 0 Å². The highest BCUT2D eigenvalue weighted by Gasteiger charge is 2.48. The fraction of sp³-hybridized carbons (Fsp3) is 0.435. The van der Waals surface area contributed by atoms with Crippen molar-refractivity contribution in [1.29, 1.82) is 5.26 Å². The molecule has 0 aliphatic carbocycles. The van der Waals surface area contributed by atoms with Gasteiger partial charge >= 0.3 is 0 Å². The Balaban J connectivity index is 1.53. The van der Waals surface area contributed by atoms with Gasteiger partial charge in [-0.3, -0.25) is 4.79 Å². The van der Waals surface area contributed by atoms with E-state index in [9.17, 15) is 4.79 Å². The molecule has 0 radical (unpaired) electrons. The molecule has 3 heterocycles. The van der Waals surface area contributed by atoms with Gasteiger partial charge < -0.3 is 19.3 Å². The van der Waals surface area contributed by atoms with Crippen LogP contribution < -0.4 is 14.4 Å². The molecule has 0 saturated carbocycles. The van der Waals surface area contributed by atoms with Crippen LogP contribution in [0.4, 0.5) is 5.82 Å². The minimum absolute atomic E-state index is 0.192. The predicted molar refractivity (Wildman–Crippen MR) is 112 cm³/mol. The summed E-state index contributed by atoms with van der Waals surface area (Å²) in [6, 6.07) is 11.4. The Morgan fingerprint density at radius 2 is 2.07 bits per heavy atom. The van der Waals surface area contributed by atoms with Crippen molar-refractivity contribution in [3.05, 3.63) is 47.7 Å². The van der Waals surface area contributed by atoms with E-state index in [4.69, 9.17) is 14.7 Å². The van der Waals surface area contributed by atoms with E-state index in [2.05, 4.69) is 16.0 Å². The Morgan fingerprint density at radius 1 is 1.20 bits per heavy atom. The van der Waals surface area contributed by atoms with Crippen molar-refractivity contribution in [1.82, 2.24) is 9.88 Å². The molecular weight excluding hydrogens is 380 g/mol. The first-order valence-corrected chi connectivity index (χ1v) is 10.2. The van der Waals surface area contributed by atoms with Gasteiger partial charge in [0.05, 0.1) is 31.3 Å². The number of hydrogen-bond acceptors (Lipinski definition) is 6. The van der Waals surface area contributed by atoms with Crippen LogP contribution in [0.3, 0.4) is 0 Å². The number of para-hydroxylation sites is 1. The van der Waals surface area contributed by atoms with E-state index in [1.165, 1.54) is 0 Å². The molecule has 0 bridgehead atoms. The second-order valence-electron chi connectivity index (χ2n) is 7.95. The zero-order valence-corrected chi connectivity index (χ0v) is 17.4. The maximum Gasteiger partial charge on any atom is 0.230 e. The normalized spacial score (nSPS) is 21.0. The lowest BCUT2D eigenvalue weighted by Gasteiger charge is -2.39. The summed E-state index contributed by atoms with van der Waals surface area (Å²) >= 11 is 0. The summed E-state index contributed by atoms with van der Waals surface area (Å²) in [6.45, 7) is 2.65. The molecular formula is C23H26N4O3. The minimum atomic E-state index is -0.394. The lowest BCUT2D eigenvalue weighted by Crippen LogP contribution is -2.49. The van der Waals surface area contributed by atoms with E-state index in [-0.39, 0.29) is 5.91 Å². The Bertz CT molecular complexity index is 987. The summed E-state index contributed by atoms with van der Waals surface area (Å²) < 4.78 is 11.0. The Morgan fingerprint density at radius 3 is 2.83 bits per heavy atom. The van der Waals surface area contributed by atoms with E-state index >= 15 is 0 Å². The number of pyridine rings is 1. The van der Waals surface area contributed by atoms with Gasteiger partial charge in [-0.05, 0) is 37.5 Å². The molecule has 1 unspecified atom stereocenters. The van der Waals surface area contributed by atoms with E-state index in [1.807, 2.05) is 23.1 Å². The number of carbonyl (C=O) groups is 1. The van der Waals surface area contributed by atoms with E-state index in [0.717, 1.165) is 43.7 Å². The lowest BCUT2D eigenvalue weighted by atomic mass is 9.78. The van der Waals surface area contributed by atoms with Crippen LogP contribution in [0.15, 0.2) is 36.5 Å². The standard InChI is InChI=1S/C23H26N4O3/c1-29-19-6-3-5-18(21(19)30-2)15-26-11-4-8-23(22(26)28)9-12-27(16-23)20-13-17(14-24)7-10-25-20/h3,5-7,10,13H,4,8-9,11-12,15-16H2,1-2H3. The highest BCUT2D eigenvalue weighted by atomic mass is 16.5. The molecule has 156 valence electrons. The first kappa shape index (κ1) is 20.0. The summed E-state index contributed by atoms with van der Waals surface area (Å²) in [7, 11) is 3.24. The van der Waals surface area contributed by atoms with Crippen molar-refractivity contribution in [2.24, 2.45) is 5.41 Å². The third kappa shape index (κ3) is 3.54. The first-order valence-electron chi connectivity index (χ1n) is 10.2. The molecule has 1 aromatic heterocycles. The number of hydrogen-bond donors (Lipinski definition) is 0. The third-order valence-electron chi connectivity index (χ3n) is 6.22. The van der Waals surface area contributed by atoms with Gasteiger partial charge in [0.15, 0.2) is 11.5 Å². The fourth-order valence-electron chi connectivity index (χ4n) is 4.69. The highest BCUT2D eigenvalue weighted by Crippen LogP contribution is 2.42. The number of likely N-dealkylation sites (tertiary alicyclic amines) is 1. The zero-order chi connectivity index (χ0) is 21.1. The Kier molecular flexibility index (Phi) is 5.49. The number of carbonyl (C=O) groups excluding carboxylic acids is 1. The number of anilines is 1. The van der Waals surface area contributed by atoms with Crippen LogP contribution in [-0.4, -0.2) is 49.6 Å². The molecule has 2 fully saturated rings. The molecule has 1 spiro atoms. The molecule has 2 aliphatic heterocycles. The molecule has 2 saturated heterocycles. The Hall–Kier alpha value is -3.27. The fourth-order valence-corrected chi connectivity index (χ4v) is 4.69. The number of nitrogens with zero attached hydrogens (tertiary/aromatic N) is 4. The van der Waals surface area contributed by atoms with Crippen molar-refractivity contribution in [3.63, 3.8) is 0 Å². The van der Waals surface area contributed by atoms with Gasteiger partial charge in [0.2, 0.25) is 5.91 Å². The van der Waals surface area contributed by atoms with Crippen LogP contribution >= 0.6 is 0 Å². The highest BCUT2D eigenvalue weighted by molar-refractivity contribution is 5.85. The molecule has 2 aromatic rings. The number of benzene rings is 1. The topological polar surface area (TPSA) is 78.7 Å². The number of piperidine rings is 1. The van der Waals surface area contributed by atoms with Gasteiger partial charge in [-0.2, -0.15) is 5.26 Å². The summed E-state index contributed by atoms with van der Waals surface area (Å²) in [6.07, 6.45) is 4.31. The molecule has 4 rings (SSSR count). The maximum absolute atomic E-state index is 13.6.